The van der Waals surface area contributed by atoms with Crippen LogP contribution < -0.4 is 11.1 Å². The van der Waals surface area contributed by atoms with Gasteiger partial charge in [0.25, 0.3) is 0 Å². The van der Waals surface area contributed by atoms with Crippen LogP contribution in [0.25, 0.3) is 6.08 Å². The average molecular weight is 256 g/mol. The molecule has 2 rings (SSSR count). The predicted molar refractivity (Wildman–Crippen MR) is 75.1 cm³/mol. The second-order valence-corrected chi connectivity index (χ2v) is 4.06. The van der Waals surface area contributed by atoms with Gasteiger partial charge in [0.1, 0.15) is 0 Å². The fourth-order valence-corrected chi connectivity index (χ4v) is 1.62. The molecule has 19 heavy (non-hydrogen) atoms. The van der Waals surface area contributed by atoms with E-state index in [-0.39, 0.29) is 5.91 Å². The maximum atomic E-state index is 11.6. The van der Waals surface area contributed by atoms with Gasteiger partial charge in [-0.25, -0.2) is 0 Å². The molecule has 0 aliphatic rings. The van der Waals surface area contributed by atoms with Crippen molar-refractivity contribution in [3.63, 3.8) is 0 Å². The zero-order valence-corrected chi connectivity index (χ0v) is 10.5. The number of nitrogens with two attached hydrogens (primary N) is 1. The first-order chi connectivity index (χ1) is 9.24. The summed E-state index contributed by atoms with van der Waals surface area (Å²) in [6.07, 6.45) is 6.80. The van der Waals surface area contributed by atoms with E-state index in [9.17, 15) is 4.79 Å². The number of amides is 1. The Balaban J connectivity index is 1.78. The summed E-state index contributed by atoms with van der Waals surface area (Å²) in [5.74, 6) is -0.130. The molecule has 0 fully saturated rings. The van der Waals surface area contributed by atoms with Gasteiger partial charge in [0.15, 0.2) is 0 Å². The Morgan fingerprint density at radius 1 is 1.42 bits per heavy atom. The van der Waals surface area contributed by atoms with Crippen LogP contribution in [-0.2, 0) is 11.3 Å². The van der Waals surface area contributed by atoms with Gasteiger partial charge in [-0.3, -0.25) is 9.48 Å². The summed E-state index contributed by atoms with van der Waals surface area (Å²) >= 11 is 0. The minimum absolute atomic E-state index is 0.130. The van der Waals surface area contributed by atoms with Gasteiger partial charge in [-0.15, -0.1) is 0 Å². The van der Waals surface area contributed by atoms with Crippen molar-refractivity contribution in [1.82, 2.24) is 15.1 Å². The second kappa shape index (κ2) is 6.39. The lowest BCUT2D eigenvalue weighted by molar-refractivity contribution is -0.116. The van der Waals surface area contributed by atoms with E-state index >= 15 is 0 Å². The molecular weight excluding hydrogens is 240 g/mol. The van der Waals surface area contributed by atoms with Crippen LogP contribution in [0.5, 0.6) is 0 Å². The van der Waals surface area contributed by atoms with Crippen molar-refractivity contribution >= 4 is 17.7 Å². The van der Waals surface area contributed by atoms with Gasteiger partial charge in [0, 0.05) is 30.7 Å². The molecule has 5 heteroatoms. The van der Waals surface area contributed by atoms with Gasteiger partial charge in [-0.2, -0.15) is 5.10 Å². The van der Waals surface area contributed by atoms with E-state index in [0.29, 0.717) is 18.8 Å². The predicted octanol–water partition coefficient (Wildman–Crippen LogP) is 1.29. The van der Waals surface area contributed by atoms with Crippen LogP contribution in [-0.4, -0.2) is 22.2 Å². The van der Waals surface area contributed by atoms with Gasteiger partial charge in [0.2, 0.25) is 5.91 Å². The highest BCUT2D eigenvalue weighted by Crippen LogP contribution is 2.07. The third kappa shape index (κ3) is 4.31. The molecule has 0 saturated carbocycles. The minimum Gasteiger partial charge on any atom is -0.399 e. The first-order valence-electron chi connectivity index (χ1n) is 6.03. The summed E-state index contributed by atoms with van der Waals surface area (Å²) < 4.78 is 1.77. The highest BCUT2D eigenvalue weighted by molar-refractivity contribution is 5.91. The molecule has 1 aromatic heterocycles. The lowest BCUT2D eigenvalue weighted by atomic mass is 10.2. The Labute approximate surface area is 111 Å². The maximum absolute atomic E-state index is 11.6. The summed E-state index contributed by atoms with van der Waals surface area (Å²) in [5.41, 5.74) is 7.24. The minimum atomic E-state index is -0.130. The highest BCUT2D eigenvalue weighted by atomic mass is 16.1. The third-order valence-corrected chi connectivity index (χ3v) is 2.54. The van der Waals surface area contributed by atoms with Gasteiger partial charge < -0.3 is 11.1 Å². The molecule has 1 aromatic carbocycles. The van der Waals surface area contributed by atoms with Gasteiger partial charge in [-0.05, 0) is 29.8 Å². The van der Waals surface area contributed by atoms with E-state index < -0.39 is 0 Å². The van der Waals surface area contributed by atoms with E-state index in [1.54, 1.807) is 17.0 Å². The van der Waals surface area contributed by atoms with Crippen molar-refractivity contribution in [2.75, 3.05) is 12.3 Å². The number of nitrogen functional groups attached to an aromatic ring is 1. The molecule has 0 aliphatic carbocycles. The Bertz CT molecular complexity index is 561. The van der Waals surface area contributed by atoms with Crippen molar-refractivity contribution in [3.05, 3.63) is 54.4 Å². The number of hydrogen-bond donors (Lipinski definition) is 2. The Morgan fingerprint density at radius 2 is 2.32 bits per heavy atom. The molecule has 0 unspecified atom stereocenters. The average Bonchev–Trinajstić information content (AvgIpc) is 2.90. The first kappa shape index (κ1) is 12.9. The quantitative estimate of drug-likeness (QED) is 0.625. The Kier molecular flexibility index (Phi) is 4.34. The molecule has 3 N–H and O–H groups in total. The molecule has 0 radical (unpaired) electrons. The third-order valence-electron chi connectivity index (χ3n) is 2.54. The van der Waals surface area contributed by atoms with Crippen molar-refractivity contribution in [2.45, 2.75) is 6.54 Å². The number of carbonyl (C=O) groups excluding carboxylic acids is 1. The largest absolute Gasteiger partial charge is 0.399 e. The number of carbonyl (C=O) groups is 1. The summed E-state index contributed by atoms with van der Waals surface area (Å²) in [4.78, 5) is 11.6. The number of aromatic nitrogens is 2. The van der Waals surface area contributed by atoms with E-state index in [1.165, 1.54) is 6.08 Å². The van der Waals surface area contributed by atoms with Crippen molar-refractivity contribution < 1.29 is 4.79 Å². The van der Waals surface area contributed by atoms with Crippen LogP contribution >= 0.6 is 0 Å². The summed E-state index contributed by atoms with van der Waals surface area (Å²) in [5, 5.41) is 6.84. The molecule has 1 amide bonds. The fraction of sp³-hybridized carbons (Fsp3) is 0.143. The molecule has 98 valence electrons. The van der Waals surface area contributed by atoms with Crippen LogP contribution in [0.15, 0.2) is 48.8 Å². The second-order valence-electron chi connectivity index (χ2n) is 4.06. The lowest BCUT2D eigenvalue weighted by Gasteiger charge is -2.02. The summed E-state index contributed by atoms with van der Waals surface area (Å²) in [6.45, 7) is 1.20. The Morgan fingerprint density at radius 3 is 3.05 bits per heavy atom. The van der Waals surface area contributed by atoms with E-state index in [4.69, 9.17) is 5.73 Å². The molecule has 2 aromatic rings. The monoisotopic (exact) mass is 256 g/mol. The zero-order chi connectivity index (χ0) is 13.5. The highest BCUT2D eigenvalue weighted by Gasteiger charge is 1.96. The van der Waals surface area contributed by atoms with Crippen LogP contribution in [0, 0.1) is 0 Å². The normalized spacial score (nSPS) is 10.7. The molecule has 0 atom stereocenters. The van der Waals surface area contributed by atoms with Gasteiger partial charge in [0.05, 0.1) is 6.54 Å². The van der Waals surface area contributed by atoms with Crippen molar-refractivity contribution in [1.29, 1.82) is 0 Å². The van der Waals surface area contributed by atoms with Crippen molar-refractivity contribution in [3.8, 4) is 0 Å². The number of benzene rings is 1. The SMILES string of the molecule is Nc1cccc(/C=C/C(=O)NCCn2cccn2)c1. The number of hydrogen-bond acceptors (Lipinski definition) is 3. The lowest BCUT2D eigenvalue weighted by Crippen LogP contribution is -2.25. The van der Waals surface area contributed by atoms with Crippen LogP contribution in [0.1, 0.15) is 5.56 Å². The zero-order valence-electron chi connectivity index (χ0n) is 10.5. The molecule has 0 aliphatic heterocycles. The van der Waals surface area contributed by atoms with Crippen molar-refractivity contribution in [2.24, 2.45) is 0 Å². The molecule has 5 nitrogen and oxygen atoms in total. The summed E-state index contributed by atoms with van der Waals surface area (Å²) in [6, 6.07) is 9.21. The van der Waals surface area contributed by atoms with E-state index in [0.717, 1.165) is 5.56 Å². The first-order valence-corrected chi connectivity index (χ1v) is 6.03. The molecule has 0 saturated heterocycles. The number of anilines is 1. The standard InChI is InChI=1S/C14H16N4O/c15-13-4-1-3-12(11-13)5-6-14(19)16-8-10-18-9-2-7-17-18/h1-7,9,11H,8,10,15H2,(H,16,19)/b6-5+. The Hall–Kier alpha value is -2.56. The smallest absolute Gasteiger partial charge is 0.244 e. The van der Waals surface area contributed by atoms with E-state index in [1.807, 2.05) is 36.5 Å². The molecule has 0 spiro atoms. The van der Waals surface area contributed by atoms with E-state index in [2.05, 4.69) is 10.4 Å². The van der Waals surface area contributed by atoms with Gasteiger partial charge >= 0.3 is 0 Å². The van der Waals surface area contributed by atoms with Crippen LogP contribution in [0.4, 0.5) is 5.69 Å². The molecular formula is C14H16N4O. The molecule has 1 heterocycles. The summed E-state index contributed by atoms with van der Waals surface area (Å²) in [7, 11) is 0. The number of rotatable bonds is 5. The number of nitrogens with one attached hydrogen (secondary N) is 1. The maximum Gasteiger partial charge on any atom is 0.244 e. The number of nitrogens with zero attached hydrogens (tertiary/aromatic N) is 2. The topological polar surface area (TPSA) is 72.9 Å². The van der Waals surface area contributed by atoms with Crippen LogP contribution in [0.2, 0.25) is 0 Å². The fourth-order valence-electron chi connectivity index (χ4n) is 1.62. The van der Waals surface area contributed by atoms with Gasteiger partial charge in [-0.1, -0.05) is 12.1 Å². The molecule has 0 bridgehead atoms. The van der Waals surface area contributed by atoms with Crippen LogP contribution in [0.3, 0.4) is 0 Å².